The number of hydrogen-bond donors (Lipinski definition) is 1. The van der Waals surface area contributed by atoms with Crippen LogP contribution in [-0.4, -0.2) is 21.3 Å². The Kier molecular flexibility index (Phi) is 5.10. The van der Waals surface area contributed by atoms with Crippen molar-refractivity contribution in [2.24, 2.45) is 0 Å². The van der Waals surface area contributed by atoms with E-state index in [4.69, 9.17) is 0 Å². The van der Waals surface area contributed by atoms with Gasteiger partial charge in [0.25, 0.3) is 0 Å². The average molecular weight is 278 g/mol. The molecule has 2 aromatic heterocycles. The lowest BCUT2D eigenvalue weighted by Gasteiger charge is -2.17. The van der Waals surface area contributed by atoms with Crippen molar-refractivity contribution in [1.29, 1.82) is 0 Å². The van der Waals surface area contributed by atoms with Crippen LogP contribution in [0.3, 0.4) is 0 Å². The zero-order chi connectivity index (χ0) is 13.7. The fourth-order valence-electron chi connectivity index (χ4n) is 2.24. The number of thiazole rings is 1. The zero-order valence-electron chi connectivity index (χ0n) is 11.9. The van der Waals surface area contributed by atoms with Crippen molar-refractivity contribution in [2.75, 3.05) is 6.54 Å². The maximum Gasteiger partial charge on any atom is 0.0795 e. The lowest BCUT2D eigenvalue weighted by Crippen LogP contribution is -2.25. The number of nitrogens with zero attached hydrogens (tertiary/aromatic N) is 3. The van der Waals surface area contributed by atoms with Crippen molar-refractivity contribution in [3.63, 3.8) is 0 Å². The first-order valence-corrected chi connectivity index (χ1v) is 7.83. The van der Waals surface area contributed by atoms with Crippen molar-refractivity contribution in [1.82, 2.24) is 20.1 Å². The predicted molar refractivity (Wildman–Crippen MR) is 79.5 cm³/mol. The fourth-order valence-corrected chi connectivity index (χ4v) is 2.85. The lowest BCUT2D eigenvalue weighted by atomic mass is 10.1. The number of rotatable bonds is 7. The quantitative estimate of drug-likeness (QED) is 0.846. The third-order valence-electron chi connectivity index (χ3n) is 3.15. The molecule has 0 aliphatic heterocycles. The monoisotopic (exact) mass is 278 g/mol. The zero-order valence-corrected chi connectivity index (χ0v) is 12.7. The van der Waals surface area contributed by atoms with E-state index in [0.717, 1.165) is 37.3 Å². The summed E-state index contributed by atoms with van der Waals surface area (Å²) in [6, 6.07) is 2.46. The molecule has 0 saturated carbocycles. The Bertz CT molecular complexity index is 490. The van der Waals surface area contributed by atoms with Gasteiger partial charge in [0.05, 0.1) is 22.9 Å². The second kappa shape index (κ2) is 6.82. The molecule has 2 aromatic rings. The molecule has 19 heavy (non-hydrogen) atoms. The Hall–Kier alpha value is -1.20. The molecule has 1 unspecified atom stereocenters. The van der Waals surface area contributed by atoms with E-state index in [-0.39, 0.29) is 6.04 Å². The minimum Gasteiger partial charge on any atom is -0.308 e. The van der Waals surface area contributed by atoms with Crippen molar-refractivity contribution in [3.8, 4) is 0 Å². The van der Waals surface area contributed by atoms with Crippen LogP contribution in [0.25, 0.3) is 0 Å². The Morgan fingerprint density at radius 3 is 2.89 bits per heavy atom. The van der Waals surface area contributed by atoms with E-state index in [1.165, 1.54) is 5.69 Å². The van der Waals surface area contributed by atoms with Gasteiger partial charge in [-0.1, -0.05) is 6.92 Å². The number of nitrogens with one attached hydrogen (secondary N) is 1. The molecule has 0 radical (unpaired) electrons. The second-order valence-electron chi connectivity index (χ2n) is 4.72. The largest absolute Gasteiger partial charge is 0.308 e. The summed E-state index contributed by atoms with van der Waals surface area (Å²) in [4.78, 5) is 4.45. The average Bonchev–Trinajstić information content (AvgIpc) is 3.03. The first-order chi connectivity index (χ1) is 9.24. The molecule has 0 spiro atoms. The summed E-state index contributed by atoms with van der Waals surface area (Å²) in [5.41, 5.74) is 5.41. The van der Waals surface area contributed by atoms with Crippen LogP contribution in [0.15, 0.2) is 17.0 Å². The van der Waals surface area contributed by atoms with Crippen LogP contribution < -0.4 is 5.32 Å². The third-order valence-corrected chi connectivity index (χ3v) is 3.75. The number of aryl methyl sites for hydroxylation is 2. The fraction of sp³-hybridized carbons (Fsp3) is 0.571. The maximum absolute atomic E-state index is 4.51. The Balaban J connectivity index is 2.15. The number of aromatic nitrogens is 3. The summed E-state index contributed by atoms with van der Waals surface area (Å²) in [7, 11) is 0. The van der Waals surface area contributed by atoms with Gasteiger partial charge in [0, 0.05) is 24.0 Å². The molecule has 4 nitrogen and oxygen atoms in total. The van der Waals surface area contributed by atoms with Crippen LogP contribution in [-0.2, 0) is 13.0 Å². The second-order valence-corrected chi connectivity index (χ2v) is 5.44. The predicted octanol–water partition coefficient (Wildman–Crippen LogP) is 2.95. The minimum absolute atomic E-state index is 0.285. The van der Waals surface area contributed by atoms with Gasteiger partial charge in [0.15, 0.2) is 0 Å². The highest BCUT2D eigenvalue weighted by Crippen LogP contribution is 2.19. The van der Waals surface area contributed by atoms with E-state index in [1.807, 2.05) is 12.4 Å². The van der Waals surface area contributed by atoms with E-state index >= 15 is 0 Å². The Morgan fingerprint density at radius 1 is 1.42 bits per heavy atom. The van der Waals surface area contributed by atoms with Crippen LogP contribution in [0.1, 0.15) is 43.4 Å². The first-order valence-electron chi connectivity index (χ1n) is 6.89. The van der Waals surface area contributed by atoms with Crippen molar-refractivity contribution in [3.05, 3.63) is 34.0 Å². The molecule has 5 heteroatoms. The van der Waals surface area contributed by atoms with Gasteiger partial charge in [-0.15, -0.1) is 11.3 Å². The summed E-state index contributed by atoms with van der Waals surface area (Å²) in [5, 5.41) is 10.2. The van der Waals surface area contributed by atoms with Crippen molar-refractivity contribution in [2.45, 2.75) is 46.2 Å². The minimum atomic E-state index is 0.285. The van der Waals surface area contributed by atoms with Gasteiger partial charge in [0.2, 0.25) is 0 Å². The smallest absolute Gasteiger partial charge is 0.0795 e. The van der Waals surface area contributed by atoms with Gasteiger partial charge in [-0.2, -0.15) is 5.10 Å². The van der Waals surface area contributed by atoms with Gasteiger partial charge in [0.1, 0.15) is 0 Å². The Morgan fingerprint density at radius 2 is 2.26 bits per heavy atom. The van der Waals surface area contributed by atoms with Crippen LogP contribution in [0.4, 0.5) is 0 Å². The van der Waals surface area contributed by atoms with E-state index in [1.54, 1.807) is 11.3 Å². The highest BCUT2D eigenvalue weighted by Gasteiger charge is 2.16. The van der Waals surface area contributed by atoms with Crippen LogP contribution in [0.2, 0.25) is 0 Å². The number of hydrogen-bond acceptors (Lipinski definition) is 4. The molecule has 2 heterocycles. The van der Waals surface area contributed by atoms with Gasteiger partial charge in [-0.25, -0.2) is 4.98 Å². The van der Waals surface area contributed by atoms with Crippen LogP contribution in [0, 0.1) is 6.92 Å². The molecule has 1 N–H and O–H groups in total. The van der Waals surface area contributed by atoms with Crippen molar-refractivity contribution < 1.29 is 0 Å². The molecule has 1 atom stereocenters. The standard InChI is InChI=1S/C14H22N4S/c1-4-6-15-13(14-9-19-10-16-14)8-12-7-11(3)17-18(12)5-2/h7,9-10,13,15H,4-6,8H2,1-3H3. The first kappa shape index (κ1) is 14.2. The topological polar surface area (TPSA) is 42.7 Å². The summed E-state index contributed by atoms with van der Waals surface area (Å²) in [5.74, 6) is 0. The highest BCUT2D eigenvalue weighted by molar-refractivity contribution is 7.07. The molecule has 0 aliphatic carbocycles. The van der Waals surface area contributed by atoms with E-state index in [2.05, 4.69) is 45.4 Å². The molecule has 0 amide bonds. The molecule has 2 rings (SSSR count). The van der Waals surface area contributed by atoms with Gasteiger partial charge in [-0.3, -0.25) is 4.68 Å². The molecule has 104 valence electrons. The molecular formula is C14H22N4S. The van der Waals surface area contributed by atoms with Crippen LogP contribution >= 0.6 is 11.3 Å². The summed E-state index contributed by atoms with van der Waals surface area (Å²) in [6.07, 6.45) is 2.07. The highest BCUT2D eigenvalue weighted by atomic mass is 32.1. The van der Waals surface area contributed by atoms with E-state index < -0.39 is 0 Å². The SMILES string of the molecule is CCCNC(Cc1cc(C)nn1CC)c1cscn1. The molecular weight excluding hydrogens is 256 g/mol. The molecule has 0 aromatic carbocycles. The van der Waals surface area contributed by atoms with E-state index in [0.29, 0.717) is 0 Å². The summed E-state index contributed by atoms with van der Waals surface area (Å²) in [6.45, 7) is 8.30. The normalized spacial score (nSPS) is 12.8. The van der Waals surface area contributed by atoms with Gasteiger partial charge >= 0.3 is 0 Å². The molecule has 0 bridgehead atoms. The summed E-state index contributed by atoms with van der Waals surface area (Å²) >= 11 is 1.65. The van der Waals surface area contributed by atoms with Gasteiger partial charge in [-0.05, 0) is 32.9 Å². The lowest BCUT2D eigenvalue weighted by molar-refractivity contribution is 0.495. The van der Waals surface area contributed by atoms with Gasteiger partial charge < -0.3 is 5.32 Å². The summed E-state index contributed by atoms with van der Waals surface area (Å²) < 4.78 is 2.09. The molecule has 0 saturated heterocycles. The van der Waals surface area contributed by atoms with E-state index in [9.17, 15) is 0 Å². The third kappa shape index (κ3) is 3.64. The van der Waals surface area contributed by atoms with Crippen molar-refractivity contribution >= 4 is 11.3 Å². The van der Waals surface area contributed by atoms with Crippen LogP contribution in [0.5, 0.6) is 0 Å². The Labute approximate surface area is 118 Å². The molecule has 0 fully saturated rings. The molecule has 0 aliphatic rings. The maximum atomic E-state index is 4.51.